The number of hydrogen-bond acceptors (Lipinski definition) is 4. The van der Waals surface area contributed by atoms with Crippen LogP contribution in [-0.4, -0.2) is 33.1 Å². The molecule has 2 N–H and O–H groups in total. The van der Waals surface area contributed by atoms with E-state index in [4.69, 9.17) is 5.73 Å². The number of hydrogen-bond donors (Lipinski definition) is 1. The SMILES string of the molecule is Cn1cnnc1-c1cccc(N2CC(C(N)=O)CC2=O)c1. The van der Waals surface area contributed by atoms with E-state index in [-0.39, 0.29) is 12.3 Å². The van der Waals surface area contributed by atoms with E-state index in [0.29, 0.717) is 6.54 Å². The standard InChI is InChI=1S/C14H15N5O2/c1-18-8-16-17-14(18)9-3-2-4-11(5-9)19-7-10(13(15)21)6-12(19)20/h2-5,8,10H,6-7H2,1H3,(H2,15,21). The fourth-order valence-electron chi connectivity index (χ4n) is 2.51. The molecule has 1 aromatic heterocycles. The minimum absolute atomic E-state index is 0.0890. The molecule has 1 unspecified atom stereocenters. The summed E-state index contributed by atoms with van der Waals surface area (Å²) in [5.41, 5.74) is 6.89. The quantitative estimate of drug-likeness (QED) is 0.878. The lowest BCUT2D eigenvalue weighted by Gasteiger charge is -2.17. The van der Waals surface area contributed by atoms with Crippen LogP contribution in [0.1, 0.15) is 6.42 Å². The molecule has 2 heterocycles. The van der Waals surface area contributed by atoms with Crippen LogP contribution in [0.25, 0.3) is 11.4 Å². The topological polar surface area (TPSA) is 94.1 Å². The van der Waals surface area contributed by atoms with E-state index in [1.165, 1.54) is 0 Å². The molecular formula is C14H15N5O2. The van der Waals surface area contributed by atoms with E-state index in [9.17, 15) is 9.59 Å². The summed E-state index contributed by atoms with van der Waals surface area (Å²) in [5, 5.41) is 7.90. The van der Waals surface area contributed by atoms with Gasteiger partial charge in [0.05, 0.1) is 5.92 Å². The number of aryl methyl sites for hydroxylation is 1. The number of anilines is 1. The molecule has 108 valence electrons. The number of carbonyl (C=O) groups excluding carboxylic acids is 2. The normalized spacial score (nSPS) is 18.2. The van der Waals surface area contributed by atoms with Crippen molar-refractivity contribution >= 4 is 17.5 Å². The van der Waals surface area contributed by atoms with Crippen molar-refractivity contribution in [1.29, 1.82) is 0 Å². The molecule has 1 aliphatic rings. The lowest BCUT2D eigenvalue weighted by Crippen LogP contribution is -2.28. The van der Waals surface area contributed by atoms with Crippen molar-refractivity contribution in [3.63, 3.8) is 0 Å². The summed E-state index contributed by atoms with van der Waals surface area (Å²) in [6.45, 7) is 0.330. The number of nitrogens with zero attached hydrogens (tertiary/aromatic N) is 4. The largest absolute Gasteiger partial charge is 0.369 e. The molecule has 7 heteroatoms. The first-order chi connectivity index (χ1) is 10.1. The lowest BCUT2D eigenvalue weighted by atomic mass is 10.1. The van der Waals surface area contributed by atoms with Crippen molar-refractivity contribution < 1.29 is 9.59 Å². The minimum atomic E-state index is -0.435. The van der Waals surface area contributed by atoms with Crippen LogP contribution in [0.3, 0.4) is 0 Å². The van der Waals surface area contributed by atoms with Gasteiger partial charge in [0.2, 0.25) is 11.8 Å². The van der Waals surface area contributed by atoms with Gasteiger partial charge < -0.3 is 15.2 Å². The van der Waals surface area contributed by atoms with Gasteiger partial charge in [0.15, 0.2) is 5.82 Å². The maximum Gasteiger partial charge on any atom is 0.227 e. The van der Waals surface area contributed by atoms with E-state index in [1.807, 2.05) is 31.3 Å². The molecule has 1 aliphatic heterocycles. The van der Waals surface area contributed by atoms with Gasteiger partial charge in [-0.3, -0.25) is 9.59 Å². The maximum absolute atomic E-state index is 12.0. The fraction of sp³-hybridized carbons (Fsp3) is 0.286. The Morgan fingerprint density at radius 3 is 2.86 bits per heavy atom. The smallest absolute Gasteiger partial charge is 0.227 e. The first-order valence-electron chi connectivity index (χ1n) is 6.60. The van der Waals surface area contributed by atoms with Crippen molar-refractivity contribution in [2.45, 2.75) is 6.42 Å². The van der Waals surface area contributed by atoms with Crippen LogP contribution >= 0.6 is 0 Å². The predicted molar refractivity (Wildman–Crippen MR) is 76.1 cm³/mol. The summed E-state index contributed by atoms with van der Waals surface area (Å²) in [6, 6.07) is 7.45. The number of aromatic nitrogens is 3. The fourth-order valence-corrected chi connectivity index (χ4v) is 2.51. The molecule has 2 aromatic rings. The van der Waals surface area contributed by atoms with E-state index in [0.717, 1.165) is 17.1 Å². The number of rotatable bonds is 3. The van der Waals surface area contributed by atoms with Gasteiger partial charge in [0, 0.05) is 31.3 Å². The molecule has 2 amide bonds. The molecule has 3 rings (SSSR count). The summed E-state index contributed by atoms with van der Waals surface area (Å²) in [4.78, 5) is 24.9. The molecule has 0 aliphatic carbocycles. The predicted octanol–water partition coefficient (Wildman–Crippen LogP) is 0.320. The zero-order valence-electron chi connectivity index (χ0n) is 11.6. The molecule has 1 fully saturated rings. The van der Waals surface area contributed by atoms with Gasteiger partial charge in [-0.25, -0.2) is 0 Å². The Bertz CT molecular complexity index is 709. The van der Waals surface area contributed by atoms with Crippen LogP contribution in [0.5, 0.6) is 0 Å². The van der Waals surface area contributed by atoms with E-state index < -0.39 is 11.8 Å². The molecule has 1 aromatic carbocycles. The second-order valence-corrected chi connectivity index (χ2v) is 5.12. The zero-order chi connectivity index (χ0) is 15.0. The Morgan fingerprint density at radius 1 is 1.43 bits per heavy atom. The molecule has 0 bridgehead atoms. The molecule has 21 heavy (non-hydrogen) atoms. The van der Waals surface area contributed by atoms with Crippen LogP contribution in [0.15, 0.2) is 30.6 Å². The number of amides is 2. The van der Waals surface area contributed by atoms with Crippen LogP contribution in [0, 0.1) is 5.92 Å². The third kappa shape index (κ3) is 2.37. The van der Waals surface area contributed by atoms with Gasteiger partial charge in [-0.2, -0.15) is 0 Å². The highest BCUT2D eigenvalue weighted by atomic mass is 16.2. The highest BCUT2D eigenvalue weighted by Crippen LogP contribution is 2.28. The van der Waals surface area contributed by atoms with Crippen molar-refractivity contribution in [1.82, 2.24) is 14.8 Å². The minimum Gasteiger partial charge on any atom is -0.369 e. The molecular weight excluding hydrogens is 270 g/mol. The first-order valence-corrected chi connectivity index (χ1v) is 6.60. The summed E-state index contributed by atoms with van der Waals surface area (Å²) in [7, 11) is 1.85. The highest BCUT2D eigenvalue weighted by molar-refractivity contribution is 6.00. The zero-order valence-corrected chi connectivity index (χ0v) is 11.6. The van der Waals surface area contributed by atoms with Crippen LogP contribution in [-0.2, 0) is 16.6 Å². The Morgan fingerprint density at radius 2 is 2.24 bits per heavy atom. The lowest BCUT2D eigenvalue weighted by molar-refractivity contribution is -0.123. The summed E-state index contributed by atoms with van der Waals surface area (Å²) in [5.74, 6) is -0.227. The first kappa shape index (κ1) is 13.3. The molecule has 1 saturated heterocycles. The summed E-state index contributed by atoms with van der Waals surface area (Å²) < 4.78 is 1.80. The van der Waals surface area contributed by atoms with E-state index >= 15 is 0 Å². The number of carbonyl (C=O) groups is 2. The Labute approximate surface area is 121 Å². The van der Waals surface area contributed by atoms with Gasteiger partial charge in [-0.15, -0.1) is 10.2 Å². The Balaban J connectivity index is 1.92. The third-order valence-electron chi connectivity index (χ3n) is 3.65. The van der Waals surface area contributed by atoms with Crippen molar-refractivity contribution in [2.75, 3.05) is 11.4 Å². The van der Waals surface area contributed by atoms with Crippen molar-refractivity contribution in [3.05, 3.63) is 30.6 Å². The van der Waals surface area contributed by atoms with E-state index in [1.54, 1.807) is 15.8 Å². The van der Waals surface area contributed by atoms with Gasteiger partial charge in [-0.1, -0.05) is 12.1 Å². The van der Waals surface area contributed by atoms with Crippen LogP contribution in [0.2, 0.25) is 0 Å². The average molecular weight is 285 g/mol. The Hall–Kier alpha value is -2.70. The number of benzene rings is 1. The second-order valence-electron chi connectivity index (χ2n) is 5.12. The van der Waals surface area contributed by atoms with E-state index in [2.05, 4.69) is 10.2 Å². The Kier molecular flexibility index (Phi) is 3.17. The third-order valence-corrected chi connectivity index (χ3v) is 3.65. The molecule has 0 saturated carbocycles. The highest BCUT2D eigenvalue weighted by Gasteiger charge is 2.34. The summed E-state index contributed by atoms with van der Waals surface area (Å²) >= 11 is 0. The van der Waals surface area contributed by atoms with Gasteiger partial charge >= 0.3 is 0 Å². The molecule has 1 atom stereocenters. The van der Waals surface area contributed by atoms with Gasteiger partial charge in [0.1, 0.15) is 6.33 Å². The monoisotopic (exact) mass is 285 g/mol. The second kappa shape index (κ2) is 5.01. The molecule has 7 nitrogen and oxygen atoms in total. The van der Waals surface area contributed by atoms with Crippen LogP contribution < -0.4 is 10.6 Å². The van der Waals surface area contributed by atoms with Crippen LogP contribution in [0.4, 0.5) is 5.69 Å². The number of primary amides is 1. The molecule has 0 radical (unpaired) electrons. The van der Waals surface area contributed by atoms with Gasteiger partial charge in [0.25, 0.3) is 0 Å². The average Bonchev–Trinajstić information content (AvgIpc) is 3.05. The maximum atomic E-state index is 12.0. The van der Waals surface area contributed by atoms with Crippen molar-refractivity contribution in [3.8, 4) is 11.4 Å². The molecule has 0 spiro atoms. The van der Waals surface area contributed by atoms with Crippen molar-refractivity contribution in [2.24, 2.45) is 18.7 Å². The number of nitrogens with two attached hydrogens (primary N) is 1. The summed E-state index contributed by atoms with van der Waals surface area (Å²) in [6.07, 6.45) is 1.79. The van der Waals surface area contributed by atoms with Gasteiger partial charge in [-0.05, 0) is 12.1 Å².